The molecule has 1 aliphatic heterocycles. The Labute approximate surface area is 165 Å². The Bertz CT molecular complexity index is 1520. The van der Waals surface area contributed by atoms with Crippen molar-refractivity contribution >= 4 is 54.9 Å². The maximum absolute atomic E-state index is 13.0. The Morgan fingerprint density at radius 3 is 1.90 bits per heavy atom. The van der Waals surface area contributed by atoms with Gasteiger partial charge in [-0.3, -0.25) is 14.5 Å². The van der Waals surface area contributed by atoms with Crippen LogP contribution >= 0.6 is 0 Å². The van der Waals surface area contributed by atoms with Gasteiger partial charge >= 0.3 is 0 Å². The molecule has 6 rings (SSSR count). The standard InChI is InChI=1S/C25H14N2O2/c1-2-27-24(28)19-10-8-17-15-5-3-4-14-13(12-26)6-7-16(21(14)15)18-9-11-20(25(27)29)23(19)22(17)18/h3-11H,2H2,1H3. The molecule has 0 aliphatic carbocycles. The Balaban J connectivity index is 1.92. The highest BCUT2D eigenvalue weighted by Crippen LogP contribution is 2.44. The second-order valence-electron chi connectivity index (χ2n) is 7.43. The number of hydrogen-bond donors (Lipinski definition) is 0. The molecular formula is C25H14N2O2. The molecule has 5 aromatic carbocycles. The van der Waals surface area contributed by atoms with Gasteiger partial charge in [0, 0.05) is 28.4 Å². The summed E-state index contributed by atoms with van der Waals surface area (Å²) in [6.07, 6.45) is 0. The molecule has 1 heterocycles. The maximum atomic E-state index is 13.0. The summed E-state index contributed by atoms with van der Waals surface area (Å²) in [5.41, 5.74) is 1.79. The minimum atomic E-state index is -0.238. The van der Waals surface area contributed by atoms with Crippen LogP contribution in [0.3, 0.4) is 0 Å². The first kappa shape index (κ1) is 16.0. The van der Waals surface area contributed by atoms with E-state index in [2.05, 4.69) is 6.07 Å². The lowest BCUT2D eigenvalue weighted by atomic mass is 9.84. The van der Waals surface area contributed by atoms with E-state index in [-0.39, 0.29) is 11.8 Å². The third-order valence-electron chi connectivity index (χ3n) is 6.17. The van der Waals surface area contributed by atoms with Gasteiger partial charge < -0.3 is 0 Å². The van der Waals surface area contributed by atoms with Gasteiger partial charge in [0.25, 0.3) is 11.8 Å². The number of amides is 2. The van der Waals surface area contributed by atoms with E-state index in [1.807, 2.05) is 61.5 Å². The first-order chi connectivity index (χ1) is 14.2. The van der Waals surface area contributed by atoms with Crippen LogP contribution in [0, 0.1) is 11.3 Å². The summed E-state index contributed by atoms with van der Waals surface area (Å²) in [6, 6.07) is 19.7. The van der Waals surface area contributed by atoms with Crippen molar-refractivity contribution in [2.45, 2.75) is 6.92 Å². The summed E-state index contributed by atoms with van der Waals surface area (Å²) in [7, 11) is 0. The van der Waals surface area contributed by atoms with Gasteiger partial charge in [0.15, 0.2) is 0 Å². The lowest BCUT2D eigenvalue weighted by molar-refractivity contribution is 0.0619. The fraction of sp³-hybridized carbons (Fsp3) is 0.0800. The minimum absolute atomic E-state index is 0.238. The summed E-state index contributed by atoms with van der Waals surface area (Å²) in [5, 5.41) is 17.3. The Morgan fingerprint density at radius 1 is 0.724 bits per heavy atom. The van der Waals surface area contributed by atoms with Gasteiger partial charge in [0.2, 0.25) is 0 Å². The van der Waals surface area contributed by atoms with Crippen molar-refractivity contribution in [3.63, 3.8) is 0 Å². The molecule has 0 aromatic heterocycles. The van der Waals surface area contributed by atoms with E-state index in [0.29, 0.717) is 23.2 Å². The highest BCUT2D eigenvalue weighted by molar-refractivity contribution is 6.38. The smallest absolute Gasteiger partial charge is 0.261 e. The SMILES string of the molecule is CCN1C(=O)c2ccc3c4cccc5c(C#N)ccc(c6ccc(c2c36)C1=O)c54. The zero-order valence-corrected chi connectivity index (χ0v) is 15.6. The molecule has 1 aliphatic rings. The van der Waals surface area contributed by atoms with Crippen LogP contribution in [0.25, 0.3) is 43.1 Å². The van der Waals surface area contributed by atoms with Crippen LogP contribution < -0.4 is 0 Å². The van der Waals surface area contributed by atoms with Gasteiger partial charge in [-0.25, -0.2) is 0 Å². The molecule has 4 heteroatoms. The summed E-state index contributed by atoms with van der Waals surface area (Å²) in [5.74, 6) is -0.477. The number of carbonyl (C=O) groups is 2. The molecule has 0 saturated heterocycles. The monoisotopic (exact) mass is 374 g/mol. The summed E-state index contributed by atoms with van der Waals surface area (Å²) >= 11 is 0. The van der Waals surface area contributed by atoms with Crippen LogP contribution in [0.5, 0.6) is 0 Å². The third-order valence-corrected chi connectivity index (χ3v) is 6.17. The number of hydrogen-bond acceptors (Lipinski definition) is 3. The molecule has 136 valence electrons. The average Bonchev–Trinajstić information content (AvgIpc) is 2.76. The van der Waals surface area contributed by atoms with E-state index < -0.39 is 0 Å². The molecule has 0 atom stereocenters. The van der Waals surface area contributed by atoms with Crippen molar-refractivity contribution in [3.05, 3.63) is 71.3 Å². The fourth-order valence-corrected chi connectivity index (χ4v) is 4.92. The first-order valence-electron chi connectivity index (χ1n) is 9.58. The Morgan fingerprint density at radius 2 is 1.28 bits per heavy atom. The van der Waals surface area contributed by atoms with Crippen molar-refractivity contribution in [1.29, 1.82) is 5.26 Å². The van der Waals surface area contributed by atoms with Gasteiger partial charge in [-0.1, -0.05) is 36.4 Å². The molecular weight excluding hydrogens is 360 g/mol. The van der Waals surface area contributed by atoms with Crippen molar-refractivity contribution in [2.24, 2.45) is 0 Å². The maximum Gasteiger partial charge on any atom is 0.261 e. The van der Waals surface area contributed by atoms with E-state index in [9.17, 15) is 14.9 Å². The van der Waals surface area contributed by atoms with E-state index in [4.69, 9.17) is 0 Å². The molecule has 2 amide bonds. The van der Waals surface area contributed by atoms with Crippen LogP contribution in [0.15, 0.2) is 54.6 Å². The number of imide groups is 1. The van der Waals surface area contributed by atoms with Crippen molar-refractivity contribution < 1.29 is 9.59 Å². The molecule has 0 spiro atoms. The second kappa shape index (κ2) is 5.30. The molecule has 0 fully saturated rings. The van der Waals surface area contributed by atoms with Crippen LogP contribution in [-0.2, 0) is 0 Å². The lowest BCUT2D eigenvalue weighted by Gasteiger charge is -2.27. The summed E-state index contributed by atoms with van der Waals surface area (Å²) < 4.78 is 0. The molecule has 29 heavy (non-hydrogen) atoms. The third kappa shape index (κ3) is 1.78. The van der Waals surface area contributed by atoms with Crippen molar-refractivity contribution in [2.75, 3.05) is 6.54 Å². The van der Waals surface area contributed by atoms with Gasteiger partial charge in [-0.15, -0.1) is 0 Å². The van der Waals surface area contributed by atoms with Gasteiger partial charge in [0.05, 0.1) is 11.6 Å². The normalized spacial score (nSPS) is 13.9. The highest BCUT2D eigenvalue weighted by Gasteiger charge is 2.33. The van der Waals surface area contributed by atoms with E-state index in [1.54, 1.807) is 0 Å². The summed E-state index contributed by atoms with van der Waals surface area (Å²) in [4.78, 5) is 27.2. The largest absolute Gasteiger partial charge is 0.275 e. The van der Waals surface area contributed by atoms with Crippen LogP contribution in [0.2, 0.25) is 0 Å². The number of rotatable bonds is 1. The first-order valence-corrected chi connectivity index (χ1v) is 9.58. The highest BCUT2D eigenvalue weighted by atomic mass is 16.2. The summed E-state index contributed by atoms with van der Waals surface area (Å²) in [6.45, 7) is 2.16. The van der Waals surface area contributed by atoms with E-state index in [0.717, 1.165) is 43.1 Å². The number of nitrogens with zero attached hydrogens (tertiary/aromatic N) is 2. The van der Waals surface area contributed by atoms with Crippen molar-refractivity contribution in [1.82, 2.24) is 4.90 Å². The number of carbonyl (C=O) groups excluding carboxylic acids is 2. The Hall–Kier alpha value is -3.97. The number of fused-ring (bicyclic) bond motifs is 2. The molecule has 5 aromatic rings. The topological polar surface area (TPSA) is 61.2 Å². The predicted molar refractivity (Wildman–Crippen MR) is 113 cm³/mol. The average molecular weight is 374 g/mol. The lowest BCUT2D eigenvalue weighted by Crippen LogP contribution is -2.40. The van der Waals surface area contributed by atoms with E-state index >= 15 is 0 Å². The zero-order valence-electron chi connectivity index (χ0n) is 15.6. The Kier molecular flexibility index (Phi) is 2.93. The quantitative estimate of drug-likeness (QED) is 0.229. The fourth-order valence-electron chi connectivity index (χ4n) is 4.92. The van der Waals surface area contributed by atoms with Crippen LogP contribution in [0.1, 0.15) is 33.2 Å². The number of nitriles is 1. The molecule has 0 bridgehead atoms. The molecule has 0 unspecified atom stereocenters. The second-order valence-corrected chi connectivity index (χ2v) is 7.43. The zero-order chi connectivity index (χ0) is 19.9. The predicted octanol–water partition coefficient (Wildman–Crippen LogP) is 5.22. The van der Waals surface area contributed by atoms with Gasteiger partial charge in [0.1, 0.15) is 0 Å². The molecule has 0 N–H and O–H groups in total. The minimum Gasteiger partial charge on any atom is -0.275 e. The van der Waals surface area contributed by atoms with Crippen molar-refractivity contribution in [3.8, 4) is 6.07 Å². The van der Waals surface area contributed by atoms with E-state index in [1.165, 1.54) is 4.90 Å². The molecule has 4 nitrogen and oxygen atoms in total. The van der Waals surface area contributed by atoms with Crippen LogP contribution in [0.4, 0.5) is 0 Å². The van der Waals surface area contributed by atoms with Gasteiger partial charge in [-0.05, 0) is 57.4 Å². The molecule has 0 radical (unpaired) electrons. The van der Waals surface area contributed by atoms with Crippen LogP contribution in [-0.4, -0.2) is 23.3 Å². The number of benzene rings is 5. The van der Waals surface area contributed by atoms with Gasteiger partial charge in [-0.2, -0.15) is 5.26 Å². The molecule has 0 saturated carbocycles.